The van der Waals surface area contributed by atoms with Crippen molar-refractivity contribution in [1.82, 2.24) is 9.78 Å². The van der Waals surface area contributed by atoms with E-state index >= 15 is 0 Å². The van der Waals surface area contributed by atoms with Gasteiger partial charge in [-0.25, -0.2) is 4.68 Å². The van der Waals surface area contributed by atoms with Gasteiger partial charge in [0.15, 0.2) is 0 Å². The Morgan fingerprint density at radius 2 is 2.05 bits per heavy atom. The van der Waals surface area contributed by atoms with Crippen LogP contribution < -0.4 is 5.73 Å². The summed E-state index contributed by atoms with van der Waals surface area (Å²) in [5, 5.41) is 13.3. The Morgan fingerprint density at radius 3 is 2.58 bits per heavy atom. The minimum Gasteiger partial charge on any atom is -0.481 e. The number of nitrogens with zero attached hydrogens (tertiary/aromatic N) is 2. The van der Waals surface area contributed by atoms with Crippen molar-refractivity contribution in [1.29, 1.82) is 0 Å². The fourth-order valence-electron chi connectivity index (χ4n) is 1.79. The number of nitrogens with two attached hydrogens (primary N) is 1. The molecule has 1 aromatic carbocycles. The Bertz CT molecular complexity index is 566. The quantitative estimate of drug-likeness (QED) is 0.880. The Balaban J connectivity index is 2.10. The summed E-state index contributed by atoms with van der Waals surface area (Å²) in [5.74, 6) is -0.838. The largest absolute Gasteiger partial charge is 0.481 e. The predicted molar refractivity (Wildman–Crippen MR) is 72.4 cm³/mol. The van der Waals surface area contributed by atoms with Crippen LogP contribution in [-0.2, 0) is 4.79 Å². The van der Waals surface area contributed by atoms with Crippen LogP contribution in [0.15, 0.2) is 36.5 Å². The van der Waals surface area contributed by atoms with E-state index in [0.29, 0.717) is 11.6 Å². The lowest BCUT2D eigenvalue weighted by Gasteiger charge is -2.11. The van der Waals surface area contributed by atoms with Crippen LogP contribution in [0.25, 0.3) is 5.69 Å². The van der Waals surface area contributed by atoms with Crippen molar-refractivity contribution >= 4 is 17.6 Å². The summed E-state index contributed by atoms with van der Waals surface area (Å²) in [6, 6.07) is 8.86. The smallest absolute Gasteiger partial charge is 0.303 e. The van der Waals surface area contributed by atoms with Crippen molar-refractivity contribution in [3.8, 4) is 5.69 Å². The molecular weight excluding hydrogens is 266 g/mol. The molecule has 0 spiro atoms. The molecule has 1 atom stereocenters. The van der Waals surface area contributed by atoms with Crippen LogP contribution in [0.4, 0.5) is 0 Å². The number of hydrogen-bond donors (Lipinski definition) is 2. The third kappa shape index (κ3) is 3.33. The summed E-state index contributed by atoms with van der Waals surface area (Å²) >= 11 is 5.97. The van der Waals surface area contributed by atoms with Gasteiger partial charge in [-0.1, -0.05) is 23.7 Å². The normalized spacial score (nSPS) is 12.3. The summed E-state index contributed by atoms with van der Waals surface area (Å²) < 4.78 is 1.61. The summed E-state index contributed by atoms with van der Waals surface area (Å²) in [5.41, 5.74) is 7.66. The van der Waals surface area contributed by atoms with Gasteiger partial charge in [-0.05, 0) is 30.2 Å². The Labute approximate surface area is 115 Å². The lowest BCUT2D eigenvalue weighted by molar-refractivity contribution is -0.137. The highest BCUT2D eigenvalue weighted by Crippen LogP contribution is 2.20. The molecule has 0 aliphatic heterocycles. The van der Waals surface area contributed by atoms with Gasteiger partial charge in [0.2, 0.25) is 0 Å². The number of aromatic nitrogens is 2. The molecule has 0 aliphatic rings. The first-order valence-electron chi connectivity index (χ1n) is 5.85. The van der Waals surface area contributed by atoms with E-state index in [4.69, 9.17) is 22.4 Å². The second-order valence-corrected chi connectivity index (χ2v) is 4.58. The number of benzene rings is 1. The zero-order valence-corrected chi connectivity index (χ0v) is 10.9. The SMILES string of the molecule is NC(CCC(=O)O)c1ccc(-n2nccc2Cl)cc1. The van der Waals surface area contributed by atoms with Crippen LogP contribution in [0, 0.1) is 0 Å². The van der Waals surface area contributed by atoms with Gasteiger partial charge in [0.05, 0.1) is 11.9 Å². The van der Waals surface area contributed by atoms with E-state index in [1.165, 1.54) is 0 Å². The standard InChI is InChI=1S/C13H14ClN3O2/c14-12-7-8-16-17(12)10-3-1-9(2-4-10)11(15)5-6-13(18)19/h1-4,7-8,11H,5-6,15H2,(H,18,19). The van der Waals surface area contributed by atoms with E-state index < -0.39 is 5.97 Å². The van der Waals surface area contributed by atoms with E-state index in [1.807, 2.05) is 24.3 Å². The highest BCUT2D eigenvalue weighted by atomic mass is 35.5. The van der Waals surface area contributed by atoms with Gasteiger partial charge in [-0.15, -0.1) is 0 Å². The monoisotopic (exact) mass is 279 g/mol. The van der Waals surface area contributed by atoms with Crippen molar-refractivity contribution < 1.29 is 9.90 Å². The van der Waals surface area contributed by atoms with Crippen LogP contribution in [-0.4, -0.2) is 20.9 Å². The summed E-state index contributed by atoms with van der Waals surface area (Å²) in [6.07, 6.45) is 2.10. The van der Waals surface area contributed by atoms with Gasteiger partial charge in [0.25, 0.3) is 0 Å². The van der Waals surface area contributed by atoms with Crippen LogP contribution in [0.2, 0.25) is 5.15 Å². The van der Waals surface area contributed by atoms with E-state index in [9.17, 15) is 4.79 Å². The summed E-state index contributed by atoms with van der Waals surface area (Å²) in [6.45, 7) is 0. The maximum absolute atomic E-state index is 10.5. The average molecular weight is 280 g/mol. The van der Waals surface area contributed by atoms with Gasteiger partial charge >= 0.3 is 5.97 Å². The highest BCUT2D eigenvalue weighted by Gasteiger charge is 2.09. The zero-order chi connectivity index (χ0) is 13.8. The van der Waals surface area contributed by atoms with E-state index in [1.54, 1.807) is 16.9 Å². The predicted octanol–water partition coefficient (Wildman–Crippen LogP) is 2.39. The molecule has 5 nitrogen and oxygen atoms in total. The Kier molecular flexibility index (Phi) is 4.19. The molecule has 1 unspecified atom stereocenters. The van der Waals surface area contributed by atoms with Gasteiger partial charge in [-0.2, -0.15) is 5.10 Å². The third-order valence-corrected chi connectivity index (χ3v) is 3.12. The first-order chi connectivity index (χ1) is 9.08. The molecule has 2 rings (SSSR count). The molecule has 3 N–H and O–H groups in total. The second-order valence-electron chi connectivity index (χ2n) is 4.20. The van der Waals surface area contributed by atoms with Gasteiger partial charge < -0.3 is 10.8 Å². The maximum atomic E-state index is 10.5. The average Bonchev–Trinajstić information content (AvgIpc) is 2.82. The second kappa shape index (κ2) is 5.86. The molecule has 0 aliphatic carbocycles. The first kappa shape index (κ1) is 13.6. The van der Waals surface area contributed by atoms with Crippen LogP contribution in [0.1, 0.15) is 24.4 Å². The number of rotatable bonds is 5. The van der Waals surface area contributed by atoms with Crippen molar-refractivity contribution in [3.05, 3.63) is 47.2 Å². The lowest BCUT2D eigenvalue weighted by atomic mass is 10.0. The number of carbonyl (C=O) groups is 1. The van der Waals surface area contributed by atoms with E-state index in [2.05, 4.69) is 5.10 Å². The molecule has 0 radical (unpaired) electrons. The van der Waals surface area contributed by atoms with Gasteiger partial charge in [0.1, 0.15) is 5.15 Å². The fraction of sp³-hybridized carbons (Fsp3) is 0.231. The minimum absolute atomic E-state index is 0.0634. The number of aliphatic carboxylic acids is 1. The van der Waals surface area contributed by atoms with Crippen molar-refractivity contribution in [3.63, 3.8) is 0 Å². The third-order valence-electron chi connectivity index (χ3n) is 2.83. The first-order valence-corrected chi connectivity index (χ1v) is 6.23. The van der Waals surface area contributed by atoms with Crippen LogP contribution >= 0.6 is 11.6 Å². The molecule has 1 aromatic heterocycles. The fourth-order valence-corrected chi connectivity index (χ4v) is 1.98. The lowest BCUT2D eigenvalue weighted by Crippen LogP contribution is -2.12. The number of hydrogen-bond acceptors (Lipinski definition) is 3. The van der Waals surface area contributed by atoms with Crippen molar-refractivity contribution in [2.45, 2.75) is 18.9 Å². The Hall–Kier alpha value is -1.85. The van der Waals surface area contributed by atoms with Crippen LogP contribution in [0.3, 0.4) is 0 Å². The van der Waals surface area contributed by atoms with Gasteiger partial charge in [-0.3, -0.25) is 4.79 Å². The van der Waals surface area contributed by atoms with E-state index in [0.717, 1.165) is 11.3 Å². The number of carboxylic acids is 1. The molecule has 2 aromatic rings. The molecule has 6 heteroatoms. The number of halogens is 1. The van der Waals surface area contributed by atoms with E-state index in [-0.39, 0.29) is 12.5 Å². The summed E-state index contributed by atoms with van der Waals surface area (Å²) in [7, 11) is 0. The molecule has 19 heavy (non-hydrogen) atoms. The van der Waals surface area contributed by atoms with Crippen molar-refractivity contribution in [2.75, 3.05) is 0 Å². The highest BCUT2D eigenvalue weighted by molar-refractivity contribution is 6.29. The summed E-state index contributed by atoms with van der Waals surface area (Å²) in [4.78, 5) is 10.5. The molecule has 1 heterocycles. The molecule has 0 bridgehead atoms. The van der Waals surface area contributed by atoms with Crippen LogP contribution in [0.5, 0.6) is 0 Å². The molecule has 0 saturated heterocycles. The minimum atomic E-state index is -0.838. The maximum Gasteiger partial charge on any atom is 0.303 e. The Morgan fingerprint density at radius 1 is 1.37 bits per heavy atom. The van der Waals surface area contributed by atoms with Crippen molar-refractivity contribution in [2.24, 2.45) is 5.73 Å². The molecular formula is C13H14ClN3O2. The zero-order valence-electron chi connectivity index (χ0n) is 10.2. The molecule has 0 amide bonds. The number of carboxylic acid groups (broad SMARTS) is 1. The molecule has 100 valence electrons. The molecule has 0 fully saturated rings. The molecule has 0 saturated carbocycles. The topological polar surface area (TPSA) is 81.1 Å². The van der Waals surface area contributed by atoms with Gasteiger partial charge in [0, 0.05) is 12.5 Å².